The standard InChI is InChI=1S/C30H26FN3O4S/c1-20-7-2-5-10-26(20)38-16-6-15-33-18-21(24-8-3-4-9-25(24)33)17-27-29(36)34(30(37)39-27)19-28(35)32-23-13-11-22(31)12-14-23/h2-5,7-14,17-18H,6,15-16,19H2,1H3,(H,32,35)/b27-17-. The van der Waals surface area contributed by atoms with Crippen molar-refractivity contribution in [2.24, 2.45) is 0 Å². The van der Waals surface area contributed by atoms with Gasteiger partial charge in [-0.2, -0.15) is 0 Å². The van der Waals surface area contributed by atoms with E-state index in [9.17, 15) is 18.8 Å². The largest absolute Gasteiger partial charge is 0.493 e. The van der Waals surface area contributed by atoms with E-state index in [0.717, 1.165) is 50.9 Å². The highest BCUT2D eigenvalue weighted by atomic mass is 32.2. The number of thioether (sulfide) groups is 1. The van der Waals surface area contributed by atoms with Crippen molar-refractivity contribution in [3.8, 4) is 5.75 Å². The van der Waals surface area contributed by atoms with Crippen molar-refractivity contribution in [2.45, 2.75) is 19.9 Å². The number of aromatic nitrogens is 1. The highest BCUT2D eigenvalue weighted by Gasteiger charge is 2.36. The van der Waals surface area contributed by atoms with Gasteiger partial charge in [0, 0.05) is 34.9 Å². The topological polar surface area (TPSA) is 80.6 Å². The Labute approximate surface area is 229 Å². The molecule has 0 unspecified atom stereocenters. The Morgan fingerprint density at radius 2 is 1.77 bits per heavy atom. The van der Waals surface area contributed by atoms with Crippen LogP contribution >= 0.6 is 11.8 Å². The second-order valence-corrected chi connectivity index (χ2v) is 10.1. The van der Waals surface area contributed by atoms with Crippen molar-refractivity contribution < 1.29 is 23.5 Å². The first-order valence-corrected chi connectivity index (χ1v) is 13.3. The summed E-state index contributed by atoms with van der Waals surface area (Å²) in [6.07, 6.45) is 4.45. The minimum Gasteiger partial charge on any atom is -0.493 e. The number of anilines is 1. The van der Waals surface area contributed by atoms with Crippen LogP contribution in [-0.4, -0.2) is 39.7 Å². The number of aryl methyl sites for hydroxylation is 2. The zero-order chi connectivity index (χ0) is 27.4. The van der Waals surface area contributed by atoms with Crippen LogP contribution in [0.3, 0.4) is 0 Å². The number of nitrogens with one attached hydrogen (secondary N) is 1. The summed E-state index contributed by atoms with van der Waals surface area (Å²) in [6.45, 7) is 2.86. The fourth-order valence-electron chi connectivity index (χ4n) is 4.37. The summed E-state index contributed by atoms with van der Waals surface area (Å²) in [4.78, 5) is 39.2. The normalized spacial score (nSPS) is 14.4. The van der Waals surface area contributed by atoms with E-state index in [2.05, 4.69) is 9.88 Å². The Kier molecular flexibility index (Phi) is 7.79. The molecule has 1 aromatic heterocycles. The van der Waals surface area contributed by atoms with Crippen molar-refractivity contribution in [3.63, 3.8) is 0 Å². The molecule has 1 aliphatic heterocycles. The maximum atomic E-state index is 13.1. The number of para-hydroxylation sites is 2. The number of hydrogen-bond acceptors (Lipinski definition) is 5. The smallest absolute Gasteiger partial charge is 0.294 e. The molecule has 0 bridgehead atoms. The summed E-state index contributed by atoms with van der Waals surface area (Å²) in [7, 11) is 0. The first kappa shape index (κ1) is 26.2. The molecule has 9 heteroatoms. The van der Waals surface area contributed by atoms with E-state index in [1.807, 2.05) is 61.7 Å². The predicted octanol–water partition coefficient (Wildman–Crippen LogP) is 6.23. The molecule has 0 spiro atoms. The van der Waals surface area contributed by atoms with Crippen LogP contribution in [0.5, 0.6) is 5.75 Å². The lowest BCUT2D eigenvalue weighted by Crippen LogP contribution is -2.36. The molecular weight excluding hydrogens is 517 g/mol. The number of benzene rings is 3. The van der Waals surface area contributed by atoms with Crippen LogP contribution in [0.15, 0.2) is 83.9 Å². The molecule has 0 aliphatic carbocycles. The van der Waals surface area contributed by atoms with E-state index in [0.29, 0.717) is 18.8 Å². The van der Waals surface area contributed by atoms with E-state index < -0.39 is 29.4 Å². The third kappa shape index (κ3) is 6.04. The van der Waals surface area contributed by atoms with Gasteiger partial charge in [-0.25, -0.2) is 4.39 Å². The molecule has 5 rings (SSSR count). The average molecular weight is 544 g/mol. The summed E-state index contributed by atoms with van der Waals surface area (Å²) in [6, 6.07) is 21.0. The minimum atomic E-state index is -0.547. The molecule has 1 saturated heterocycles. The molecule has 0 saturated carbocycles. The highest BCUT2D eigenvalue weighted by Crippen LogP contribution is 2.34. The van der Waals surface area contributed by atoms with E-state index in [1.54, 1.807) is 6.08 Å². The van der Waals surface area contributed by atoms with Crippen LogP contribution in [0.1, 0.15) is 17.5 Å². The molecule has 1 aliphatic rings. The molecule has 1 N–H and O–H groups in total. The molecular formula is C30H26FN3O4S. The fourth-order valence-corrected chi connectivity index (χ4v) is 5.19. The van der Waals surface area contributed by atoms with Gasteiger partial charge in [0.2, 0.25) is 5.91 Å². The van der Waals surface area contributed by atoms with E-state index >= 15 is 0 Å². The van der Waals surface area contributed by atoms with Gasteiger partial charge in [0.25, 0.3) is 11.1 Å². The van der Waals surface area contributed by atoms with Crippen molar-refractivity contribution >= 4 is 51.5 Å². The summed E-state index contributed by atoms with van der Waals surface area (Å²) >= 11 is 0.805. The molecule has 7 nitrogen and oxygen atoms in total. The number of fused-ring (bicyclic) bond motifs is 1. The lowest BCUT2D eigenvalue weighted by atomic mass is 10.1. The monoisotopic (exact) mass is 543 g/mol. The van der Waals surface area contributed by atoms with Crippen molar-refractivity contribution in [2.75, 3.05) is 18.5 Å². The average Bonchev–Trinajstić information content (AvgIpc) is 3.40. The Morgan fingerprint density at radius 3 is 2.56 bits per heavy atom. The van der Waals surface area contributed by atoms with Gasteiger partial charge in [0.05, 0.1) is 11.5 Å². The SMILES string of the molecule is Cc1ccccc1OCCCn1cc(/C=C2\SC(=O)N(CC(=O)Nc3ccc(F)cc3)C2=O)c2ccccc21. The highest BCUT2D eigenvalue weighted by molar-refractivity contribution is 8.18. The zero-order valence-electron chi connectivity index (χ0n) is 21.2. The Bertz CT molecular complexity index is 1580. The number of rotatable bonds is 9. The zero-order valence-corrected chi connectivity index (χ0v) is 22.0. The molecule has 0 atom stereocenters. The second kappa shape index (κ2) is 11.6. The van der Waals surface area contributed by atoms with Gasteiger partial charge in [-0.1, -0.05) is 36.4 Å². The number of imide groups is 1. The fraction of sp³-hybridized carbons (Fsp3) is 0.167. The third-order valence-corrected chi connectivity index (χ3v) is 7.21. The molecule has 3 amide bonds. The van der Waals surface area contributed by atoms with E-state index in [-0.39, 0.29) is 4.91 Å². The van der Waals surface area contributed by atoms with Gasteiger partial charge in [-0.15, -0.1) is 0 Å². The number of carbonyl (C=O) groups excluding carboxylic acids is 3. The van der Waals surface area contributed by atoms with Crippen LogP contribution in [0.25, 0.3) is 17.0 Å². The van der Waals surface area contributed by atoms with Gasteiger partial charge >= 0.3 is 0 Å². The lowest BCUT2D eigenvalue weighted by Gasteiger charge is -2.12. The Hall–Kier alpha value is -4.37. The number of hydrogen-bond donors (Lipinski definition) is 1. The number of halogens is 1. The molecule has 0 radical (unpaired) electrons. The molecule has 39 heavy (non-hydrogen) atoms. The maximum absolute atomic E-state index is 13.1. The van der Waals surface area contributed by atoms with Crippen LogP contribution in [-0.2, 0) is 16.1 Å². The summed E-state index contributed by atoms with van der Waals surface area (Å²) in [5, 5.41) is 3.01. The van der Waals surface area contributed by atoms with Crippen LogP contribution < -0.4 is 10.1 Å². The summed E-state index contributed by atoms with van der Waals surface area (Å²) < 4.78 is 21.1. The van der Waals surface area contributed by atoms with Crippen LogP contribution in [0.4, 0.5) is 14.9 Å². The third-order valence-electron chi connectivity index (χ3n) is 6.30. The number of amides is 3. The van der Waals surface area contributed by atoms with Crippen LogP contribution in [0, 0.1) is 12.7 Å². The number of carbonyl (C=O) groups is 3. The van der Waals surface area contributed by atoms with Gasteiger partial charge in [-0.05, 0) is 73.1 Å². The van der Waals surface area contributed by atoms with E-state index in [1.165, 1.54) is 24.3 Å². The van der Waals surface area contributed by atoms with Gasteiger partial charge < -0.3 is 14.6 Å². The number of ether oxygens (including phenoxy) is 1. The summed E-state index contributed by atoms with van der Waals surface area (Å²) in [5.41, 5.74) is 3.29. The molecule has 198 valence electrons. The first-order chi connectivity index (χ1) is 18.9. The quantitative estimate of drug-likeness (QED) is 0.200. The number of nitrogens with zero attached hydrogens (tertiary/aromatic N) is 2. The Morgan fingerprint density at radius 1 is 1.03 bits per heavy atom. The van der Waals surface area contributed by atoms with Gasteiger partial charge in [0.1, 0.15) is 18.1 Å². The van der Waals surface area contributed by atoms with Gasteiger partial charge in [0.15, 0.2) is 0 Å². The van der Waals surface area contributed by atoms with Crippen molar-refractivity contribution in [1.29, 1.82) is 0 Å². The van der Waals surface area contributed by atoms with Gasteiger partial charge in [-0.3, -0.25) is 19.3 Å². The molecule has 3 aromatic carbocycles. The summed E-state index contributed by atoms with van der Waals surface area (Å²) in [5.74, 6) is -0.629. The Balaban J connectivity index is 1.27. The maximum Gasteiger partial charge on any atom is 0.294 e. The lowest BCUT2D eigenvalue weighted by molar-refractivity contribution is -0.127. The predicted molar refractivity (Wildman–Crippen MR) is 151 cm³/mol. The molecule has 2 heterocycles. The van der Waals surface area contributed by atoms with E-state index in [4.69, 9.17) is 4.74 Å². The van der Waals surface area contributed by atoms with Crippen molar-refractivity contribution in [1.82, 2.24) is 9.47 Å². The first-order valence-electron chi connectivity index (χ1n) is 12.5. The van der Waals surface area contributed by atoms with Crippen molar-refractivity contribution in [3.05, 3.63) is 101 Å². The minimum absolute atomic E-state index is 0.250. The van der Waals surface area contributed by atoms with Crippen LogP contribution in [0.2, 0.25) is 0 Å². The molecule has 1 fully saturated rings. The second-order valence-electron chi connectivity index (χ2n) is 9.09. The molecule has 4 aromatic rings.